The van der Waals surface area contributed by atoms with Gasteiger partial charge in [0.25, 0.3) is 0 Å². The number of rotatable bonds is 7. The van der Waals surface area contributed by atoms with E-state index in [2.05, 4.69) is 5.32 Å². The Bertz CT molecular complexity index is 464. The Labute approximate surface area is 116 Å². The molecule has 3 N–H and O–H groups in total. The van der Waals surface area contributed by atoms with Gasteiger partial charge in [0.05, 0.1) is 24.5 Å². The number of aromatic carboxylic acids is 1. The number of carbonyl (C=O) groups excluding carboxylic acids is 1. The molecule has 7 heteroatoms. The minimum absolute atomic E-state index is 0.0107. The zero-order valence-electron chi connectivity index (χ0n) is 11.2. The van der Waals surface area contributed by atoms with E-state index in [9.17, 15) is 9.59 Å². The summed E-state index contributed by atoms with van der Waals surface area (Å²) in [5, 5.41) is 20.5. The van der Waals surface area contributed by atoms with Crippen LogP contribution in [0.25, 0.3) is 0 Å². The Kier molecular flexibility index (Phi) is 6.48. The molecule has 0 unspecified atom stereocenters. The second-order valence-corrected chi connectivity index (χ2v) is 3.98. The largest absolute Gasteiger partial charge is 0.478 e. The van der Waals surface area contributed by atoms with E-state index in [1.807, 2.05) is 0 Å². The van der Waals surface area contributed by atoms with Crippen molar-refractivity contribution in [2.45, 2.75) is 0 Å². The smallest absolute Gasteiger partial charge is 0.337 e. The highest BCUT2D eigenvalue weighted by molar-refractivity contribution is 5.99. The second kappa shape index (κ2) is 8.13. The van der Waals surface area contributed by atoms with Crippen LogP contribution in [0.5, 0.6) is 0 Å². The van der Waals surface area contributed by atoms with E-state index in [4.69, 9.17) is 14.9 Å². The molecule has 110 valence electrons. The average Bonchev–Trinajstić information content (AvgIpc) is 2.43. The van der Waals surface area contributed by atoms with E-state index in [1.54, 1.807) is 12.1 Å². The van der Waals surface area contributed by atoms with Crippen molar-refractivity contribution in [2.75, 3.05) is 38.7 Å². The molecule has 0 aliphatic carbocycles. The summed E-state index contributed by atoms with van der Waals surface area (Å²) in [6.07, 6.45) is 0. The van der Waals surface area contributed by atoms with Crippen molar-refractivity contribution in [1.82, 2.24) is 4.90 Å². The number of carboxylic acid groups (broad SMARTS) is 1. The number of carbonyl (C=O) groups is 2. The maximum Gasteiger partial charge on any atom is 0.337 e. The van der Waals surface area contributed by atoms with Crippen molar-refractivity contribution in [3.05, 3.63) is 29.8 Å². The molecule has 0 spiro atoms. The molecular weight excluding hydrogens is 264 g/mol. The number of ether oxygens (including phenoxy) is 1. The Morgan fingerprint density at radius 1 is 1.30 bits per heavy atom. The highest BCUT2D eigenvalue weighted by atomic mass is 16.5. The standard InChI is InChI=1S/C13H18N2O5/c1-20-9-7-15(6-8-16)13(19)14-11-5-3-2-4-10(11)12(17)18/h2-5,16H,6-9H2,1H3,(H,14,19)(H,17,18). The molecule has 0 radical (unpaired) electrons. The minimum Gasteiger partial charge on any atom is -0.478 e. The summed E-state index contributed by atoms with van der Waals surface area (Å²) in [4.78, 5) is 24.4. The summed E-state index contributed by atoms with van der Waals surface area (Å²) in [5.41, 5.74) is 0.224. The van der Waals surface area contributed by atoms with Crippen molar-refractivity contribution in [3.63, 3.8) is 0 Å². The number of hydrogen-bond acceptors (Lipinski definition) is 4. The van der Waals surface area contributed by atoms with Crippen LogP contribution in [0, 0.1) is 0 Å². The zero-order chi connectivity index (χ0) is 15.0. The molecule has 0 heterocycles. The van der Waals surface area contributed by atoms with E-state index < -0.39 is 12.0 Å². The normalized spacial score (nSPS) is 10.1. The summed E-state index contributed by atoms with van der Waals surface area (Å²) in [5.74, 6) is -1.12. The predicted octanol–water partition coefficient (Wildman–Crippen LogP) is 0.857. The lowest BCUT2D eigenvalue weighted by Crippen LogP contribution is -2.39. The third kappa shape index (κ3) is 4.52. The van der Waals surface area contributed by atoms with Crippen LogP contribution in [0.2, 0.25) is 0 Å². The molecule has 0 fully saturated rings. The maximum absolute atomic E-state index is 12.0. The minimum atomic E-state index is -1.12. The van der Waals surface area contributed by atoms with E-state index in [0.29, 0.717) is 13.2 Å². The topological polar surface area (TPSA) is 99.1 Å². The summed E-state index contributed by atoms with van der Waals surface area (Å²) in [6.45, 7) is 0.592. The molecule has 20 heavy (non-hydrogen) atoms. The summed E-state index contributed by atoms with van der Waals surface area (Å²) < 4.78 is 4.88. The van der Waals surface area contributed by atoms with Gasteiger partial charge in [-0.15, -0.1) is 0 Å². The Hall–Kier alpha value is -2.12. The molecule has 0 aromatic heterocycles. The molecule has 0 saturated carbocycles. The van der Waals surface area contributed by atoms with Gasteiger partial charge in [-0.1, -0.05) is 12.1 Å². The van der Waals surface area contributed by atoms with Crippen molar-refractivity contribution in [3.8, 4) is 0 Å². The van der Waals surface area contributed by atoms with Crippen molar-refractivity contribution in [2.24, 2.45) is 0 Å². The second-order valence-electron chi connectivity index (χ2n) is 3.98. The molecular formula is C13H18N2O5. The number of para-hydroxylation sites is 1. The van der Waals surface area contributed by atoms with E-state index in [0.717, 1.165) is 0 Å². The van der Waals surface area contributed by atoms with Gasteiger partial charge in [0.1, 0.15) is 0 Å². The number of anilines is 1. The lowest BCUT2D eigenvalue weighted by atomic mass is 10.2. The highest BCUT2D eigenvalue weighted by Crippen LogP contribution is 2.15. The predicted molar refractivity (Wildman–Crippen MR) is 73.0 cm³/mol. The van der Waals surface area contributed by atoms with Gasteiger partial charge in [-0.2, -0.15) is 0 Å². The first-order valence-corrected chi connectivity index (χ1v) is 6.08. The molecule has 1 rings (SSSR count). The fourth-order valence-electron chi connectivity index (χ4n) is 1.61. The van der Waals surface area contributed by atoms with Gasteiger partial charge in [0, 0.05) is 20.2 Å². The molecule has 1 aromatic rings. The Morgan fingerprint density at radius 2 is 2.00 bits per heavy atom. The first-order chi connectivity index (χ1) is 9.60. The van der Waals surface area contributed by atoms with Crippen LogP contribution in [0.4, 0.5) is 10.5 Å². The Morgan fingerprint density at radius 3 is 2.60 bits per heavy atom. The number of urea groups is 1. The van der Waals surface area contributed by atoms with Crippen LogP contribution in [0.15, 0.2) is 24.3 Å². The lowest BCUT2D eigenvalue weighted by molar-refractivity contribution is 0.0698. The maximum atomic E-state index is 12.0. The first kappa shape index (κ1) is 15.9. The molecule has 0 atom stereocenters. The van der Waals surface area contributed by atoms with Gasteiger partial charge in [0.15, 0.2) is 0 Å². The van der Waals surface area contributed by atoms with E-state index in [1.165, 1.54) is 24.1 Å². The fraction of sp³-hybridized carbons (Fsp3) is 0.385. The van der Waals surface area contributed by atoms with Crippen LogP contribution < -0.4 is 5.32 Å². The van der Waals surface area contributed by atoms with E-state index in [-0.39, 0.29) is 24.4 Å². The number of hydrogen-bond donors (Lipinski definition) is 3. The SMILES string of the molecule is COCCN(CCO)C(=O)Nc1ccccc1C(=O)O. The van der Waals surface area contributed by atoms with Crippen molar-refractivity contribution in [1.29, 1.82) is 0 Å². The average molecular weight is 282 g/mol. The van der Waals surface area contributed by atoms with Crippen LogP contribution in [-0.4, -0.2) is 60.5 Å². The number of nitrogens with one attached hydrogen (secondary N) is 1. The molecule has 2 amide bonds. The lowest BCUT2D eigenvalue weighted by Gasteiger charge is -2.22. The quantitative estimate of drug-likeness (QED) is 0.688. The van der Waals surface area contributed by atoms with E-state index >= 15 is 0 Å². The number of aliphatic hydroxyl groups is 1. The van der Waals surface area contributed by atoms with Crippen LogP contribution in [0.1, 0.15) is 10.4 Å². The molecule has 0 aliphatic heterocycles. The summed E-state index contributed by atoms with van der Waals surface area (Å²) >= 11 is 0. The molecule has 7 nitrogen and oxygen atoms in total. The molecule has 0 bridgehead atoms. The van der Waals surface area contributed by atoms with Gasteiger partial charge in [0.2, 0.25) is 0 Å². The number of methoxy groups -OCH3 is 1. The highest BCUT2D eigenvalue weighted by Gasteiger charge is 2.16. The zero-order valence-corrected chi connectivity index (χ0v) is 11.2. The van der Waals surface area contributed by atoms with Crippen molar-refractivity contribution >= 4 is 17.7 Å². The van der Waals surface area contributed by atoms with Gasteiger partial charge >= 0.3 is 12.0 Å². The first-order valence-electron chi connectivity index (χ1n) is 6.08. The van der Waals surface area contributed by atoms with Gasteiger partial charge in [-0.25, -0.2) is 9.59 Å². The van der Waals surface area contributed by atoms with Gasteiger partial charge in [-0.05, 0) is 12.1 Å². The van der Waals surface area contributed by atoms with Crippen LogP contribution in [-0.2, 0) is 4.74 Å². The third-order valence-electron chi connectivity index (χ3n) is 2.62. The number of aliphatic hydroxyl groups excluding tert-OH is 1. The third-order valence-corrected chi connectivity index (χ3v) is 2.62. The van der Waals surface area contributed by atoms with Crippen LogP contribution in [0.3, 0.4) is 0 Å². The fourth-order valence-corrected chi connectivity index (χ4v) is 1.61. The van der Waals surface area contributed by atoms with Crippen LogP contribution >= 0.6 is 0 Å². The number of nitrogens with zero attached hydrogens (tertiary/aromatic N) is 1. The molecule has 0 aliphatic rings. The Balaban J connectivity index is 2.79. The van der Waals surface area contributed by atoms with Gasteiger partial charge < -0.3 is 25.2 Å². The van der Waals surface area contributed by atoms with Gasteiger partial charge in [-0.3, -0.25) is 0 Å². The van der Waals surface area contributed by atoms with Crippen molar-refractivity contribution < 1.29 is 24.5 Å². The number of benzene rings is 1. The number of amides is 2. The molecule has 1 aromatic carbocycles. The summed E-state index contributed by atoms with van der Waals surface area (Å²) in [7, 11) is 1.51. The monoisotopic (exact) mass is 282 g/mol. The molecule has 0 saturated heterocycles. The number of carboxylic acids is 1. The summed E-state index contributed by atoms with van der Waals surface area (Å²) in [6, 6.07) is 5.64.